The first-order valence-corrected chi connectivity index (χ1v) is 9.56. The Bertz CT molecular complexity index is 1120. The van der Waals surface area contributed by atoms with Crippen LogP contribution in [-0.4, -0.2) is 20.0 Å². The summed E-state index contributed by atoms with van der Waals surface area (Å²) in [5, 5.41) is 0.695. The summed E-state index contributed by atoms with van der Waals surface area (Å²) < 4.78 is 5.75. The topological polar surface area (TPSA) is 39.8 Å². The average Bonchev–Trinajstić information content (AvgIpc) is 3.09. The third-order valence-corrected chi connectivity index (χ3v) is 6.09. The number of thiazole rings is 1. The molecule has 0 unspecified atom stereocenters. The first-order valence-electron chi connectivity index (χ1n) is 7.35. The Morgan fingerprint density at radius 1 is 1.17 bits per heavy atom. The number of carbonyl (C=O) groups excluding carboxylic acids is 1. The Balaban J connectivity index is 1.75. The Kier molecular flexibility index (Phi) is 3.99. The van der Waals surface area contributed by atoms with Crippen LogP contribution in [0, 0.1) is 3.95 Å². The van der Waals surface area contributed by atoms with Crippen LogP contribution in [0.2, 0.25) is 0 Å². The molecule has 2 aromatic heterocycles. The lowest BCUT2D eigenvalue weighted by Gasteiger charge is -2.06. The van der Waals surface area contributed by atoms with E-state index < -0.39 is 0 Å². The van der Waals surface area contributed by atoms with Gasteiger partial charge in [-0.05, 0) is 36.5 Å². The second kappa shape index (κ2) is 6.16. The molecule has 7 heteroatoms. The predicted octanol–water partition coefficient (Wildman–Crippen LogP) is 5.19. The predicted molar refractivity (Wildman–Crippen MR) is 103 cm³/mol. The molecular formula is C17H13N3OS3. The van der Waals surface area contributed by atoms with Crippen molar-refractivity contribution in [2.24, 2.45) is 0 Å². The van der Waals surface area contributed by atoms with Gasteiger partial charge in [0.05, 0.1) is 27.1 Å². The first kappa shape index (κ1) is 15.6. The van der Waals surface area contributed by atoms with E-state index in [1.165, 1.54) is 16.5 Å². The molecule has 4 rings (SSSR count). The number of hydrogen-bond acceptors (Lipinski definition) is 5. The molecule has 0 atom stereocenters. The fraction of sp³-hybridized carbons (Fsp3) is 0.118. The Labute approximate surface area is 151 Å². The van der Waals surface area contributed by atoms with Crippen LogP contribution in [-0.2, 0) is 5.88 Å². The summed E-state index contributed by atoms with van der Waals surface area (Å²) in [6.07, 6.45) is 0. The third-order valence-electron chi connectivity index (χ3n) is 3.74. The van der Waals surface area contributed by atoms with Gasteiger partial charge >= 0.3 is 0 Å². The van der Waals surface area contributed by atoms with Crippen molar-refractivity contribution in [1.82, 2.24) is 14.1 Å². The highest BCUT2D eigenvalue weighted by atomic mass is 32.2. The number of thioether (sulfide) groups is 1. The number of fused-ring (bicyclic) bond motifs is 2. The quantitative estimate of drug-likeness (QED) is 0.367. The minimum absolute atomic E-state index is 0.0371. The molecule has 24 heavy (non-hydrogen) atoms. The van der Waals surface area contributed by atoms with Crippen molar-refractivity contribution in [3.05, 3.63) is 52.5 Å². The molecule has 0 saturated heterocycles. The Hall–Kier alpha value is -1.96. The van der Waals surface area contributed by atoms with Crippen LogP contribution in [0.4, 0.5) is 0 Å². The highest BCUT2D eigenvalue weighted by molar-refractivity contribution is 7.98. The molecule has 4 nitrogen and oxygen atoms in total. The maximum atomic E-state index is 12.1. The van der Waals surface area contributed by atoms with E-state index in [1.54, 1.807) is 22.8 Å². The summed E-state index contributed by atoms with van der Waals surface area (Å²) in [4.78, 5) is 16.7. The molecule has 120 valence electrons. The number of benzene rings is 2. The zero-order valence-corrected chi connectivity index (χ0v) is 15.3. The lowest BCUT2D eigenvalue weighted by Crippen LogP contribution is -2.07. The van der Waals surface area contributed by atoms with Gasteiger partial charge in [0.1, 0.15) is 0 Å². The van der Waals surface area contributed by atoms with Crippen LogP contribution >= 0.6 is 35.3 Å². The van der Waals surface area contributed by atoms with E-state index >= 15 is 0 Å². The van der Waals surface area contributed by atoms with E-state index in [2.05, 4.69) is 21.7 Å². The number of aromatic nitrogens is 3. The Morgan fingerprint density at radius 2 is 1.88 bits per heavy atom. The summed E-state index contributed by atoms with van der Waals surface area (Å²) in [5.41, 5.74) is 2.78. The van der Waals surface area contributed by atoms with Gasteiger partial charge in [-0.25, -0.2) is 4.98 Å². The van der Waals surface area contributed by atoms with E-state index in [0.717, 1.165) is 20.5 Å². The SMILES string of the molecule is CC(=O)n1c(SCn2c(=S)sc3ccccc32)nc2ccccc21. The Morgan fingerprint density at radius 3 is 2.67 bits per heavy atom. The molecule has 0 aliphatic heterocycles. The normalized spacial score (nSPS) is 11.4. The number of carbonyl (C=O) groups is 1. The van der Waals surface area contributed by atoms with Gasteiger partial charge in [0.2, 0.25) is 5.91 Å². The van der Waals surface area contributed by atoms with Crippen molar-refractivity contribution in [2.75, 3.05) is 0 Å². The zero-order valence-electron chi connectivity index (χ0n) is 12.8. The molecule has 2 aromatic carbocycles. The average molecular weight is 372 g/mol. The van der Waals surface area contributed by atoms with Crippen molar-refractivity contribution in [1.29, 1.82) is 0 Å². The van der Waals surface area contributed by atoms with Crippen molar-refractivity contribution >= 4 is 62.5 Å². The molecule has 4 aromatic rings. The van der Waals surface area contributed by atoms with Crippen LogP contribution in [0.25, 0.3) is 21.3 Å². The molecule has 0 aliphatic rings. The monoisotopic (exact) mass is 371 g/mol. The number of rotatable bonds is 3. The number of imidazole rings is 1. The highest BCUT2D eigenvalue weighted by Gasteiger charge is 2.15. The second-order valence-corrected chi connectivity index (χ2v) is 7.86. The number of para-hydroxylation sites is 3. The molecule has 0 radical (unpaired) electrons. The van der Waals surface area contributed by atoms with Gasteiger partial charge in [0, 0.05) is 6.92 Å². The van der Waals surface area contributed by atoms with E-state index in [1.807, 2.05) is 36.4 Å². The summed E-state index contributed by atoms with van der Waals surface area (Å²) >= 11 is 8.61. The summed E-state index contributed by atoms with van der Waals surface area (Å²) in [6, 6.07) is 15.8. The molecule has 0 saturated carbocycles. The molecule has 0 fully saturated rings. The number of hydrogen-bond donors (Lipinski definition) is 0. The zero-order chi connectivity index (χ0) is 16.7. The molecule has 0 amide bonds. The molecule has 2 heterocycles. The van der Waals surface area contributed by atoms with E-state index in [-0.39, 0.29) is 5.91 Å². The molecule has 0 spiro atoms. The van der Waals surface area contributed by atoms with E-state index in [9.17, 15) is 4.79 Å². The lowest BCUT2D eigenvalue weighted by molar-refractivity contribution is 0.0931. The van der Waals surface area contributed by atoms with Crippen LogP contribution in [0.3, 0.4) is 0 Å². The first-order chi connectivity index (χ1) is 11.6. The largest absolute Gasteiger partial charge is 0.313 e. The fourth-order valence-electron chi connectivity index (χ4n) is 2.66. The molecule has 0 bridgehead atoms. The standard InChI is InChI=1S/C17H13N3OS3/c1-11(21)20-13-7-3-2-6-12(13)18-16(20)23-10-19-14-8-4-5-9-15(14)24-17(19)22/h2-9H,10H2,1H3. The third kappa shape index (κ3) is 2.58. The molecule has 0 aliphatic carbocycles. The van der Waals surface area contributed by atoms with Crippen molar-refractivity contribution in [2.45, 2.75) is 18.0 Å². The van der Waals surface area contributed by atoms with Crippen molar-refractivity contribution in [3.63, 3.8) is 0 Å². The molecule has 0 N–H and O–H groups in total. The summed E-state index contributed by atoms with van der Waals surface area (Å²) in [5.74, 6) is 0.587. The van der Waals surface area contributed by atoms with Crippen LogP contribution in [0.1, 0.15) is 11.7 Å². The van der Waals surface area contributed by atoms with Crippen molar-refractivity contribution < 1.29 is 4.79 Å². The van der Waals surface area contributed by atoms with Gasteiger partial charge in [0.25, 0.3) is 0 Å². The van der Waals surface area contributed by atoms with E-state index in [4.69, 9.17) is 12.2 Å². The van der Waals surface area contributed by atoms with E-state index in [0.29, 0.717) is 11.0 Å². The maximum absolute atomic E-state index is 12.1. The fourth-order valence-corrected chi connectivity index (χ4v) is 5.18. The minimum atomic E-state index is -0.0371. The summed E-state index contributed by atoms with van der Waals surface area (Å²) in [6.45, 7) is 1.56. The highest BCUT2D eigenvalue weighted by Crippen LogP contribution is 2.29. The second-order valence-electron chi connectivity index (χ2n) is 5.27. The van der Waals surface area contributed by atoms with Gasteiger partial charge in [-0.1, -0.05) is 36.0 Å². The van der Waals surface area contributed by atoms with Crippen LogP contribution in [0.5, 0.6) is 0 Å². The smallest absolute Gasteiger partial charge is 0.230 e. The summed E-state index contributed by atoms with van der Waals surface area (Å²) in [7, 11) is 0. The van der Waals surface area contributed by atoms with Crippen LogP contribution < -0.4 is 0 Å². The maximum Gasteiger partial charge on any atom is 0.230 e. The van der Waals surface area contributed by atoms with Crippen LogP contribution in [0.15, 0.2) is 53.7 Å². The minimum Gasteiger partial charge on any atom is -0.313 e. The van der Waals surface area contributed by atoms with Gasteiger partial charge in [-0.15, -0.1) is 11.3 Å². The lowest BCUT2D eigenvalue weighted by atomic mass is 10.3. The van der Waals surface area contributed by atoms with Gasteiger partial charge < -0.3 is 4.57 Å². The van der Waals surface area contributed by atoms with Crippen molar-refractivity contribution in [3.8, 4) is 0 Å². The molecular weight excluding hydrogens is 358 g/mol. The van der Waals surface area contributed by atoms with Gasteiger partial charge in [-0.3, -0.25) is 9.36 Å². The van der Waals surface area contributed by atoms with Gasteiger partial charge in [0.15, 0.2) is 9.11 Å². The number of nitrogens with zero attached hydrogens (tertiary/aromatic N) is 3. The van der Waals surface area contributed by atoms with Gasteiger partial charge in [-0.2, -0.15) is 0 Å².